The minimum Gasteiger partial charge on any atom is -0.494 e. The minimum atomic E-state index is -5.29. The summed E-state index contributed by atoms with van der Waals surface area (Å²) in [5.41, 5.74) is -3.87. The van der Waals surface area contributed by atoms with Gasteiger partial charge in [-0.15, -0.1) is 0 Å². The molecule has 1 N–H and O–H groups in total. The van der Waals surface area contributed by atoms with Gasteiger partial charge in [0.15, 0.2) is 0 Å². The Morgan fingerprint density at radius 1 is 1.36 bits per heavy atom. The van der Waals surface area contributed by atoms with E-state index in [1.54, 1.807) is 0 Å². The van der Waals surface area contributed by atoms with Crippen molar-refractivity contribution in [2.24, 2.45) is 0 Å². The monoisotopic (exact) mass is 384 g/mol. The predicted molar refractivity (Wildman–Crippen MR) is 83.9 cm³/mol. The van der Waals surface area contributed by atoms with E-state index in [0.29, 0.717) is 0 Å². The average Bonchev–Trinajstić information content (AvgIpc) is 2.54. The number of methoxy groups -OCH3 is 1. The summed E-state index contributed by atoms with van der Waals surface area (Å²) in [6.45, 7) is 2.37. The van der Waals surface area contributed by atoms with Crippen LogP contribution >= 0.6 is 11.6 Å². The summed E-state index contributed by atoms with van der Waals surface area (Å²) in [5, 5.41) is 9.58. The van der Waals surface area contributed by atoms with Crippen molar-refractivity contribution in [3.8, 4) is 5.75 Å². The van der Waals surface area contributed by atoms with Gasteiger partial charge in [-0.25, -0.2) is 9.18 Å². The van der Waals surface area contributed by atoms with Gasteiger partial charge < -0.3 is 14.6 Å². The number of carbonyl (C=O) groups excluding carboxylic acids is 1. The van der Waals surface area contributed by atoms with Crippen molar-refractivity contribution in [1.82, 2.24) is 0 Å². The van der Waals surface area contributed by atoms with Crippen LogP contribution in [0.2, 0.25) is 5.02 Å². The maximum atomic E-state index is 13.5. The summed E-state index contributed by atoms with van der Waals surface area (Å²) in [6.07, 6.45) is -5.20. The Bertz CT molecular complexity index is 673. The first-order valence-electron chi connectivity index (χ1n) is 7.17. The Balaban J connectivity index is 3.42. The van der Waals surface area contributed by atoms with Crippen LogP contribution in [-0.2, 0) is 9.53 Å². The molecule has 0 aliphatic rings. The fourth-order valence-corrected chi connectivity index (χ4v) is 2.39. The molecule has 0 spiro atoms. The van der Waals surface area contributed by atoms with E-state index in [-0.39, 0.29) is 23.5 Å². The zero-order valence-electron chi connectivity index (χ0n) is 13.7. The molecule has 1 rings (SSSR count). The summed E-state index contributed by atoms with van der Waals surface area (Å²) in [4.78, 5) is 11.7. The lowest BCUT2D eigenvalue weighted by Gasteiger charge is -2.29. The Kier molecular flexibility index (Phi) is 6.84. The highest BCUT2D eigenvalue weighted by Gasteiger charge is 2.61. The van der Waals surface area contributed by atoms with Crippen molar-refractivity contribution in [2.45, 2.75) is 32.0 Å². The Morgan fingerprint density at radius 3 is 2.40 bits per heavy atom. The van der Waals surface area contributed by atoms with Crippen LogP contribution in [0.4, 0.5) is 17.6 Å². The molecule has 0 bridgehead atoms. The van der Waals surface area contributed by atoms with Crippen LogP contribution in [0.1, 0.15) is 25.8 Å². The Morgan fingerprint density at radius 2 is 1.96 bits per heavy atom. The molecule has 0 radical (unpaired) electrons. The number of allylic oxidation sites excluding steroid dienone is 1. The van der Waals surface area contributed by atoms with Crippen LogP contribution in [0, 0.1) is 5.82 Å². The molecule has 0 aromatic heterocycles. The van der Waals surface area contributed by atoms with E-state index in [4.69, 9.17) is 16.3 Å². The van der Waals surface area contributed by atoms with Crippen LogP contribution < -0.4 is 4.74 Å². The van der Waals surface area contributed by atoms with Crippen molar-refractivity contribution in [3.05, 3.63) is 34.6 Å². The number of ether oxygens (including phenoxy) is 2. The largest absolute Gasteiger partial charge is 0.494 e. The van der Waals surface area contributed by atoms with Gasteiger partial charge in [0.1, 0.15) is 16.6 Å². The number of aliphatic hydroxyl groups is 1. The molecule has 140 valence electrons. The molecule has 0 saturated carbocycles. The molecule has 0 amide bonds. The Labute approximate surface area is 147 Å². The number of hydrogen-bond acceptors (Lipinski definition) is 4. The highest BCUT2D eigenvalue weighted by Crippen LogP contribution is 2.42. The molecule has 0 saturated heterocycles. The van der Waals surface area contributed by atoms with Crippen molar-refractivity contribution in [1.29, 1.82) is 0 Å². The van der Waals surface area contributed by atoms with Crippen LogP contribution in [0.3, 0.4) is 0 Å². The second-order valence-electron chi connectivity index (χ2n) is 5.01. The van der Waals surface area contributed by atoms with E-state index in [9.17, 15) is 27.5 Å². The van der Waals surface area contributed by atoms with Gasteiger partial charge in [0, 0.05) is 12.0 Å². The van der Waals surface area contributed by atoms with Crippen LogP contribution in [0.25, 0.3) is 5.57 Å². The topological polar surface area (TPSA) is 55.8 Å². The fraction of sp³-hybridized carbons (Fsp3) is 0.438. The molecule has 1 atom stereocenters. The second kappa shape index (κ2) is 8.05. The predicted octanol–water partition coefficient (Wildman–Crippen LogP) is 4.14. The van der Waals surface area contributed by atoms with Crippen LogP contribution in [0.15, 0.2) is 18.2 Å². The third-order valence-electron chi connectivity index (χ3n) is 3.48. The fourth-order valence-electron chi connectivity index (χ4n) is 2.15. The lowest BCUT2D eigenvalue weighted by molar-refractivity contribution is -0.260. The lowest BCUT2D eigenvalue weighted by atomic mass is 9.89. The number of halogens is 5. The summed E-state index contributed by atoms with van der Waals surface area (Å²) >= 11 is 5.77. The van der Waals surface area contributed by atoms with Gasteiger partial charge in [-0.1, -0.05) is 17.7 Å². The summed E-state index contributed by atoms with van der Waals surface area (Å²) in [6, 6.07) is 2.10. The molecular formula is C16H17ClF4O4. The minimum absolute atomic E-state index is 0.0170. The van der Waals surface area contributed by atoms with E-state index in [1.807, 2.05) is 0 Å². The number of rotatable bonds is 6. The molecule has 1 aromatic carbocycles. The summed E-state index contributed by atoms with van der Waals surface area (Å²) in [7, 11) is 1.17. The number of carbonyl (C=O) groups is 1. The highest BCUT2D eigenvalue weighted by atomic mass is 35.5. The molecule has 0 aliphatic carbocycles. The lowest BCUT2D eigenvalue weighted by Crippen LogP contribution is -2.53. The van der Waals surface area contributed by atoms with Gasteiger partial charge >= 0.3 is 12.1 Å². The smallest absolute Gasteiger partial charge is 0.428 e. The molecule has 0 heterocycles. The third kappa shape index (κ3) is 4.24. The van der Waals surface area contributed by atoms with Crippen molar-refractivity contribution < 1.29 is 36.9 Å². The molecular weight excluding hydrogens is 368 g/mol. The van der Waals surface area contributed by atoms with E-state index in [1.165, 1.54) is 27.0 Å². The number of esters is 1. The first-order valence-corrected chi connectivity index (χ1v) is 7.55. The zero-order chi connectivity index (χ0) is 19.4. The van der Waals surface area contributed by atoms with Crippen molar-refractivity contribution in [2.75, 3.05) is 13.7 Å². The van der Waals surface area contributed by atoms with Crippen molar-refractivity contribution in [3.63, 3.8) is 0 Å². The normalized spacial score (nSPS) is 14.8. The summed E-state index contributed by atoms with van der Waals surface area (Å²) in [5.74, 6) is -2.86. The zero-order valence-corrected chi connectivity index (χ0v) is 14.5. The van der Waals surface area contributed by atoms with Gasteiger partial charge in [-0.3, -0.25) is 0 Å². The maximum Gasteiger partial charge on any atom is 0.428 e. The highest BCUT2D eigenvalue weighted by molar-refractivity contribution is 6.32. The maximum absolute atomic E-state index is 13.5. The quantitative estimate of drug-likeness (QED) is 0.591. The molecule has 0 fully saturated rings. The van der Waals surface area contributed by atoms with E-state index < -0.39 is 35.0 Å². The van der Waals surface area contributed by atoms with E-state index in [0.717, 1.165) is 12.1 Å². The van der Waals surface area contributed by atoms with Gasteiger partial charge in [0.2, 0.25) is 0 Å². The Hall–Kier alpha value is -1.80. The van der Waals surface area contributed by atoms with Gasteiger partial charge in [-0.2, -0.15) is 13.2 Å². The molecule has 4 nitrogen and oxygen atoms in total. The number of benzene rings is 1. The van der Waals surface area contributed by atoms with Gasteiger partial charge in [-0.05, 0) is 31.6 Å². The third-order valence-corrected chi connectivity index (χ3v) is 3.83. The summed E-state index contributed by atoms with van der Waals surface area (Å²) < 4.78 is 62.8. The average molecular weight is 385 g/mol. The van der Waals surface area contributed by atoms with Crippen LogP contribution in [0.5, 0.6) is 5.75 Å². The first-order chi connectivity index (χ1) is 11.5. The van der Waals surface area contributed by atoms with E-state index >= 15 is 0 Å². The molecule has 1 unspecified atom stereocenters. The van der Waals surface area contributed by atoms with E-state index in [2.05, 4.69) is 4.74 Å². The molecule has 9 heteroatoms. The molecule has 1 aromatic rings. The van der Waals surface area contributed by atoms with Crippen molar-refractivity contribution >= 4 is 23.1 Å². The van der Waals surface area contributed by atoms with Crippen LogP contribution in [-0.4, -0.2) is 36.6 Å². The SMILES string of the molecule is CC=C(CC(O)(C(=O)OCC)C(F)(F)F)c1ccc(F)c(Cl)c1OC. The van der Waals surface area contributed by atoms with Gasteiger partial charge in [0.05, 0.1) is 13.7 Å². The molecule has 25 heavy (non-hydrogen) atoms. The first kappa shape index (κ1) is 21.2. The standard InChI is InChI=1S/C16H17ClF4O4/c1-4-9(10-6-7-11(18)12(17)13(10)24-3)8-15(23,16(19,20)21)14(22)25-5-2/h4,6-7,23H,5,8H2,1-3H3. The number of alkyl halides is 3. The second-order valence-corrected chi connectivity index (χ2v) is 5.39. The van der Waals surface area contributed by atoms with Gasteiger partial charge in [0.25, 0.3) is 5.60 Å². The number of hydrogen-bond donors (Lipinski definition) is 1. The molecule has 0 aliphatic heterocycles.